The molecule has 0 aliphatic carbocycles. The van der Waals surface area contributed by atoms with E-state index in [1.54, 1.807) is 6.92 Å². The van der Waals surface area contributed by atoms with Crippen molar-refractivity contribution in [1.29, 1.82) is 0 Å². The van der Waals surface area contributed by atoms with E-state index in [2.05, 4.69) is 0 Å². The molecule has 130 valence electrons. The molecule has 0 spiro atoms. The Bertz CT molecular complexity index is 496. The van der Waals surface area contributed by atoms with Crippen molar-refractivity contribution in [1.82, 2.24) is 0 Å². The van der Waals surface area contributed by atoms with Gasteiger partial charge in [-0.25, -0.2) is 8.42 Å². The predicted molar refractivity (Wildman–Crippen MR) is 68.4 cm³/mol. The van der Waals surface area contributed by atoms with E-state index in [4.69, 9.17) is 0 Å². The zero-order valence-electron chi connectivity index (χ0n) is 11.9. The SMILES string of the molecule is CCC(=O)CCCS(=O)(=O)CC(=O)CCC(F)(F)C(F)(F)F. The van der Waals surface area contributed by atoms with Crippen LogP contribution in [-0.4, -0.2) is 43.6 Å². The van der Waals surface area contributed by atoms with Crippen LogP contribution in [0.1, 0.15) is 39.0 Å². The smallest absolute Gasteiger partial charge is 0.300 e. The van der Waals surface area contributed by atoms with Gasteiger partial charge in [-0.3, -0.25) is 9.59 Å². The van der Waals surface area contributed by atoms with Gasteiger partial charge in [-0.15, -0.1) is 0 Å². The van der Waals surface area contributed by atoms with Crippen molar-refractivity contribution in [2.45, 2.75) is 51.1 Å². The van der Waals surface area contributed by atoms with Crippen LogP contribution in [0.3, 0.4) is 0 Å². The Hall–Kier alpha value is -1.06. The number of halogens is 5. The van der Waals surface area contributed by atoms with Gasteiger partial charge < -0.3 is 0 Å². The summed E-state index contributed by atoms with van der Waals surface area (Å²) in [5.41, 5.74) is 0. The van der Waals surface area contributed by atoms with Crippen molar-refractivity contribution in [3.63, 3.8) is 0 Å². The first-order chi connectivity index (χ1) is 9.81. The number of alkyl halides is 5. The maximum atomic E-state index is 12.6. The molecule has 0 amide bonds. The van der Waals surface area contributed by atoms with Crippen LogP contribution in [-0.2, 0) is 19.4 Å². The second-order valence-corrected chi connectivity index (χ2v) is 7.01. The summed E-state index contributed by atoms with van der Waals surface area (Å²) in [6.45, 7) is 1.60. The number of rotatable bonds is 10. The second-order valence-electron chi connectivity index (χ2n) is 4.83. The van der Waals surface area contributed by atoms with Crippen molar-refractivity contribution in [2.75, 3.05) is 11.5 Å². The Morgan fingerprint density at radius 3 is 1.95 bits per heavy atom. The molecule has 0 heterocycles. The molecule has 0 aliphatic heterocycles. The molecule has 22 heavy (non-hydrogen) atoms. The molecular weight excluding hydrogens is 335 g/mol. The summed E-state index contributed by atoms with van der Waals surface area (Å²) in [5.74, 6) is -7.97. The highest BCUT2D eigenvalue weighted by Gasteiger charge is 2.56. The molecule has 0 aromatic heterocycles. The van der Waals surface area contributed by atoms with Gasteiger partial charge in [0.15, 0.2) is 9.84 Å². The van der Waals surface area contributed by atoms with Gasteiger partial charge >= 0.3 is 12.1 Å². The highest BCUT2D eigenvalue weighted by molar-refractivity contribution is 7.92. The third kappa shape index (κ3) is 7.81. The van der Waals surface area contributed by atoms with Crippen LogP contribution in [0.15, 0.2) is 0 Å². The van der Waals surface area contributed by atoms with Crippen LogP contribution in [0, 0.1) is 0 Å². The summed E-state index contributed by atoms with van der Waals surface area (Å²) < 4.78 is 83.8. The minimum absolute atomic E-state index is 0.00999. The summed E-state index contributed by atoms with van der Waals surface area (Å²) in [7, 11) is -3.92. The number of carbonyl (C=O) groups is 2. The second kappa shape index (κ2) is 7.98. The topological polar surface area (TPSA) is 68.3 Å². The number of Topliss-reactive ketones (excluding diaryl/α,β-unsaturated/α-hetero) is 2. The lowest BCUT2D eigenvalue weighted by atomic mass is 10.1. The molecule has 0 aromatic rings. The fourth-order valence-corrected chi connectivity index (χ4v) is 2.86. The monoisotopic (exact) mass is 352 g/mol. The van der Waals surface area contributed by atoms with E-state index < -0.39 is 52.1 Å². The number of hydrogen-bond acceptors (Lipinski definition) is 4. The van der Waals surface area contributed by atoms with Gasteiger partial charge in [-0.1, -0.05) is 6.92 Å². The normalized spacial score (nSPS) is 13.2. The fraction of sp³-hybridized carbons (Fsp3) is 0.833. The lowest BCUT2D eigenvalue weighted by Gasteiger charge is -2.18. The Labute approximate surface area is 125 Å². The van der Waals surface area contributed by atoms with Crippen molar-refractivity contribution in [2.24, 2.45) is 0 Å². The molecule has 0 saturated heterocycles. The number of hydrogen-bond donors (Lipinski definition) is 0. The molecule has 10 heteroatoms. The highest BCUT2D eigenvalue weighted by Crippen LogP contribution is 2.38. The van der Waals surface area contributed by atoms with E-state index in [9.17, 15) is 40.0 Å². The van der Waals surface area contributed by atoms with Crippen molar-refractivity contribution in [3.05, 3.63) is 0 Å². The molecule has 0 saturated carbocycles. The Morgan fingerprint density at radius 2 is 1.50 bits per heavy atom. The van der Waals surface area contributed by atoms with Gasteiger partial charge in [0.05, 0.1) is 5.75 Å². The van der Waals surface area contributed by atoms with E-state index in [0.29, 0.717) is 0 Å². The maximum absolute atomic E-state index is 12.6. The van der Waals surface area contributed by atoms with E-state index >= 15 is 0 Å². The lowest BCUT2D eigenvalue weighted by molar-refractivity contribution is -0.284. The predicted octanol–water partition coefficient (Wildman–Crippen LogP) is 2.71. The average molecular weight is 352 g/mol. The Balaban J connectivity index is 4.33. The van der Waals surface area contributed by atoms with Crippen LogP contribution in [0.4, 0.5) is 22.0 Å². The van der Waals surface area contributed by atoms with Crippen LogP contribution in [0.25, 0.3) is 0 Å². The molecule has 0 aliphatic rings. The minimum atomic E-state index is -5.77. The first-order valence-electron chi connectivity index (χ1n) is 6.49. The number of carbonyl (C=O) groups excluding carboxylic acids is 2. The highest BCUT2D eigenvalue weighted by atomic mass is 32.2. The third-order valence-electron chi connectivity index (χ3n) is 2.82. The third-order valence-corrected chi connectivity index (χ3v) is 4.49. The zero-order valence-corrected chi connectivity index (χ0v) is 12.7. The molecule has 0 aromatic carbocycles. The van der Waals surface area contributed by atoms with Gasteiger partial charge in [-0.2, -0.15) is 22.0 Å². The molecular formula is C12H17F5O4S. The molecule has 0 radical (unpaired) electrons. The molecule has 0 unspecified atom stereocenters. The first kappa shape index (κ1) is 20.9. The molecule has 0 atom stereocenters. The van der Waals surface area contributed by atoms with Gasteiger partial charge in [0.1, 0.15) is 17.3 Å². The first-order valence-corrected chi connectivity index (χ1v) is 8.31. The maximum Gasteiger partial charge on any atom is 0.453 e. The van der Waals surface area contributed by atoms with Gasteiger partial charge in [0.2, 0.25) is 0 Å². The molecule has 0 bridgehead atoms. The molecule has 4 nitrogen and oxygen atoms in total. The number of ketones is 2. The standard InChI is InChI=1S/C12H17F5O4S/c1-2-9(18)4-3-7-22(20,21)8-10(19)5-6-11(13,14)12(15,16)17/h2-8H2,1H3. The van der Waals surface area contributed by atoms with Gasteiger partial charge in [0.25, 0.3) is 0 Å². The Morgan fingerprint density at radius 1 is 0.955 bits per heavy atom. The van der Waals surface area contributed by atoms with Crippen LogP contribution >= 0.6 is 0 Å². The van der Waals surface area contributed by atoms with E-state index in [1.165, 1.54) is 0 Å². The van der Waals surface area contributed by atoms with Crippen molar-refractivity contribution < 1.29 is 40.0 Å². The summed E-state index contributed by atoms with van der Waals surface area (Å²) >= 11 is 0. The van der Waals surface area contributed by atoms with E-state index in [0.717, 1.165) is 0 Å². The van der Waals surface area contributed by atoms with Crippen LogP contribution in [0.2, 0.25) is 0 Å². The lowest BCUT2D eigenvalue weighted by Crippen LogP contribution is -2.37. The molecule has 0 fully saturated rings. The summed E-state index contributed by atoms with van der Waals surface area (Å²) in [5, 5.41) is 0. The fourth-order valence-electron chi connectivity index (χ4n) is 1.49. The number of sulfone groups is 1. The summed E-state index contributed by atoms with van der Waals surface area (Å²) in [6.07, 6.45) is -8.49. The molecule has 0 rings (SSSR count). The largest absolute Gasteiger partial charge is 0.453 e. The molecule has 0 N–H and O–H groups in total. The van der Waals surface area contributed by atoms with E-state index in [1.807, 2.05) is 0 Å². The van der Waals surface area contributed by atoms with Crippen molar-refractivity contribution in [3.8, 4) is 0 Å². The Kier molecular flexibility index (Phi) is 7.60. The average Bonchev–Trinajstić information content (AvgIpc) is 2.34. The minimum Gasteiger partial charge on any atom is -0.300 e. The van der Waals surface area contributed by atoms with Crippen LogP contribution in [0.5, 0.6) is 0 Å². The van der Waals surface area contributed by atoms with Crippen molar-refractivity contribution >= 4 is 21.4 Å². The summed E-state index contributed by atoms with van der Waals surface area (Å²) in [6, 6.07) is 0. The zero-order chi connectivity index (χ0) is 17.6. The quantitative estimate of drug-likeness (QED) is 0.567. The van der Waals surface area contributed by atoms with Gasteiger partial charge in [-0.05, 0) is 6.42 Å². The van der Waals surface area contributed by atoms with Crippen LogP contribution < -0.4 is 0 Å². The summed E-state index contributed by atoms with van der Waals surface area (Å²) in [4.78, 5) is 22.2. The van der Waals surface area contributed by atoms with Gasteiger partial charge in [0, 0.05) is 25.7 Å². The van der Waals surface area contributed by atoms with E-state index in [-0.39, 0.29) is 25.0 Å².